The molecule has 7 heteroatoms. The van der Waals surface area contributed by atoms with Crippen molar-refractivity contribution in [3.8, 4) is 5.75 Å². The topological polar surface area (TPSA) is 64.4 Å². The van der Waals surface area contributed by atoms with Crippen LogP contribution in [0, 0.1) is 10.1 Å². The lowest BCUT2D eigenvalue weighted by molar-refractivity contribution is -0.386. The zero-order chi connectivity index (χ0) is 12.4. The molecule has 0 spiro atoms. The molecule has 1 aromatic carbocycles. The van der Waals surface area contributed by atoms with Crippen LogP contribution in [0.25, 0.3) is 0 Å². The largest absolute Gasteiger partial charge is 0.427 e. The van der Waals surface area contributed by atoms with Crippen LogP contribution in [0.1, 0.15) is 11.1 Å². The fraction of sp³-hybridized carbons (Fsp3) is 0.400. The van der Waals surface area contributed by atoms with Gasteiger partial charge >= 0.3 is 12.3 Å². The van der Waals surface area contributed by atoms with E-state index in [0.29, 0.717) is 13.0 Å². The zero-order valence-corrected chi connectivity index (χ0v) is 8.78. The zero-order valence-electron chi connectivity index (χ0n) is 8.78. The maximum absolute atomic E-state index is 12.1. The molecule has 1 aliphatic rings. The van der Waals surface area contributed by atoms with Gasteiger partial charge in [0.05, 0.1) is 4.92 Å². The number of hydrogen-bond donors (Lipinski definition) is 1. The van der Waals surface area contributed by atoms with Crippen molar-refractivity contribution in [3.63, 3.8) is 0 Å². The molecule has 1 heterocycles. The van der Waals surface area contributed by atoms with E-state index in [9.17, 15) is 18.9 Å². The number of benzene rings is 1. The van der Waals surface area contributed by atoms with Crippen LogP contribution in [0.15, 0.2) is 12.1 Å². The number of rotatable bonds is 3. The first-order chi connectivity index (χ1) is 8.08. The van der Waals surface area contributed by atoms with E-state index in [4.69, 9.17) is 0 Å². The van der Waals surface area contributed by atoms with Crippen molar-refractivity contribution < 1.29 is 18.4 Å². The highest BCUT2D eigenvalue weighted by Crippen LogP contribution is 2.32. The van der Waals surface area contributed by atoms with Crippen molar-refractivity contribution >= 4 is 5.69 Å². The molecule has 1 N–H and O–H groups in total. The normalized spacial score (nSPS) is 14.5. The first-order valence-electron chi connectivity index (χ1n) is 5.03. The number of halogens is 2. The molecule has 1 aliphatic heterocycles. The number of hydrogen-bond acceptors (Lipinski definition) is 4. The summed E-state index contributed by atoms with van der Waals surface area (Å²) in [6.07, 6.45) is 0.646. The average Bonchev–Trinajstić information content (AvgIpc) is 2.27. The monoisotopic (exact) mass is 244 g/mol. The van der Waals surface area contributed by atoms with E-state index in [1.54, 1.807) is 0 Å². The Labute approximate surface area is 95.5 Å². The van der Waals surface area contributed by atoms with Gasteiger partial charge in [-0.1, -0.05) is 0 Å². The predicted molar refractivity (Wildman–Crippen MR) is 55.1 cm³/mol. The standard InChI is InChI=1S/C10H10F2N2O3/c11-10(12)17-9-4-6-1-2-13-5-7(6)3-8(9)14(15)16/h3-4,10,13H,1-2,5H2. The van der Waals surface area contributed by atoms with E-state index in [1.165, 1.54) is 12.1 Å². The van der Waals surface area contributed by atoms with Crippen LogP contribution in [0.3, 0.4) is 0 Å². The molecule has 17 heavy (non-hydrogen) atoms. The van der Waals surface area contributed by atoms with Gasteiger partial charge in [0.25, 0.3) is 0 Å². The van der Waals surface area contributed by atoms with Gasteiger partial charge in [0.1, 0.15) is 0 Å². The van der Waals surface area contributed by atoms with Crippen molar-refractivity contribution in [2.45, 2.75) is 19.6 Å². The lowest BCUT2D eigenvalue weighted by atomic mass is 10.00. The number of nitrogens with one attached hydrogen (secondary N) is 1. The SMILES string of the molecule is O=[N+]([O-])c1cc2c(cc1OC(F)F)CCNC2. The van der Waals surface area contributed by atoms with Gasteiger partial charge in [0.2, 0.25) is 5.75 Å². The van der Waals surface area contributed by atoms with E-state index in [0.717, 1.165) is 17.7 Å². The molecule has 0 amide bonds. The lowest BCUT2D eigenvalue weighted by Crippen LogP contribution is -2.23. The molecule has 5 nitrogen and oxygen atoms in total. The first kappa shape index (κ1) is 11.7. The van der Waals surface area contributed by atoms with Crippen LogP contribution in [0.5, 0.6) is 5.75 Å². The Morgan fingerprint density at radius 2 is 2.18 bits per heavy atom. The Morgan fingerprint density at radius 3 is 2.82 bits per heavy atom. The minimum absolute atomic E-state index is 0.370. The van der Waals surface area contributed by atoms with E-state index >= 15 is 0 Å². The van der Waals surface area contributed by atoms with Crippen LogP contribution >= 0.6 is 0 Å². The summed E-state index contributed by atoms with van der Waals surface area (Å²) in [6, 6.07) is 2.62. The molecule has 0 bridgehead atoms. The molecule has 0 atom stereocenters. The fourth-order valence-electron chi connectivity index (χ4n) is 1.83. The average molecular weight is 244 g/mol. The van der Waals surface area contributed by atoms with E-state index in [2.05, 4.69) is 10.1 Å². The number of fused-ring (bicyclic) bond motifs is 1. The van der Waals surface area contributed by atoms with Crippen LogP contribution in [-0.2, 0) is 13.0 Å². The molecule has 0 aliphatic carbocycles. The molecule has 1 aromatic rings. The van der Waals surface area contributed by atoms with Crippen LogP contribution < -0.4 is 10.1 Å². The maximum atomic E-state index is 12.1. The Bertz CT molecular complexity index is 451. The lowest BCUT2D eigenvalue weighted by Gasteiger charge is -2.18. The molecule has 0 fully saturated rings. The summed E-state index contributed by atoms with van der Waals surface area (Å²) in [5.41, 5.74) is 1.14. The van der Waals surface area contributed by atoms with Crippen molar-refractivity contribution in [1.82, 2.24) is 5.32 Å². The van der Waals surface area contributed by atoms with E-state index in [-0.39, 0.29) is 5.75 Å². The second-order valence-corrected chi connectivity index (χ2v) is 3.65. The van der Waals surface area contributed by atoms with Gasteiger partial charge in [-0.05, 0) is 30.2 Å². The molecule has 2 rings (SSSR count). The van der Waals surface area contributed by atoms with Crippen molar-refractivity contribution in [3.05, 3.63) is 33.4 Å². The number of nitrogens with zero attached hydrogens (tertiary/aromatic N) is 1. The second-order valence-electron chi connectivity index (χ2n) is 3.65. The van der Waals surface area contributed by atoms with Gasteiger partial charge in [-0.15, -0.1) is 0 Å². The van der Waals surface area contributed by atoms with Crippen molar-refractivity contribution in [2.75, 3.05) is 6.54 Å². The highest BCUT2D eigenvalue weighted by Gasteiger charge is 2.22. The Morgan fingerprint density at radius 1 is 1.41 bits per heavy atom. The summed E-state index contributed by atoms with van der Waals surface area (Å²) in [5, 5.41) is 13.8. The van der Waals surface area contributed by atoms with Gasteiger partial charge in [-0.25, -0.2) is 0 Å². The second kappa shape index (κ2) is 4.62. The third-order valence-electron chi connectivity index (χ3n) is 2.58. The molecule has 0 unspecified atom stereocenters. The van der Waals surface area contributed by atoms with Crippen LogP contribution in [-0.4, -0.2) is 18.1 Å². The minimum atomic E-state index is -3.06. The molecule has 0 radical (unpaired) electrons. The maximum Gasteiger partial charge on any atom is 0.387 e. The quantitative estimate of drug-likeness (QED) is 0.651. The van der Waals surface area contributed by atoms with Gasteiger partial charge in [-0.2, -0.15) is 8.78 Å². The summed E-state index contributed by atoms with van der Waals surface area (Å²) < 4.78 is 28.5. The summed E-state index contributed by atoms with van der Waals surface area (Å²) in [4.78, 5) is 10.0. The molecular weight excluding hydrogens is 234 g/mol. The third kappa shape index (κ3) is 2.50. The summed E-state index contributed by atoms with van der Waals surface area (Å²) in [5.74, 6) is -0.370. The number of alkyl halides is 2. The van der Waals surface area contributed by atoms with Gasteiger partial charge < -0.3 is 10.1 Å². The van der Waals surface area contributed by atoms with Crippen LogP contribution in [0.4, 0.5) is 14.5 Å². The third-order valence-corrected chi connectivity index (χ3v) is 2.58. The summed E-state index contributed by atoms with van der Waals surface area (Å²) in [7, 11) is 0. The minimum Gasteiger partial charge on any atom is -0.427 e. The highest BCUT2D eigenvalue weighted by molar-refractivity contribution is 5.52. The van der Waals surface area contributed by atoms with Gasteiger partial charge in [-0.3, -0.25) is 10.1 Å². The van der Waals surface area contributed by atoms with Gasteiger partial charge in [0, 0.05) is 12.6 Å². The van der Waals surface area contributed by atoms with Crippen molar-refractivity contribution in [2.24, 2.45) is 0 Å². The Hall–Kier alpha value is -1.76. The molecule has 92 valence electrons. The number of ether oxygens (including phenoxy) is 1. The molecule has 0 saturated heterocycles. The number of nitro groups is 1. The van der Waals surface area contributed by atoms with Gasteiger partial charge in [0.15, 0.2) is 0 Å². The van der Waals surface area contributed by atoms with Crippen molar-refractivity contribution in [1.29, 1.82) is 0 Å². The molecule has 0 aromatic heterocycles. The first-order valence-corrected chi connectivity index (χ1v) is 5.03. The van der Waals surface area contributed by atoms with E-state index in [1.807, 2.05) is 0 Å². The van der Waals surface area contributed by atoms with Crippen LogP contribution in [0.2, 0.25) is 0 Å². The molecular formula is C10H10F2N2O3. The predicted octanol–water partition coefficient (Wildman–Crippen LogP) is 1.84. The Balaban J connectivity index is 2.44. The highest BCUT2D eigenvalue weighted by atomic mass is 19.3. The van der Waals surface area contributed by atoms with E-state index < -0.39 is 17.2 Å². The Kier molecular flexibility index (Phi) is 3.19. The smallest absolute Gasteiger partial charge is 0.387 e. The number of nitro benzene ring substituents is 1. The fourth-order valence-corrected chi connectivity index (χ4v) is 1.83. The summed E-state index contributed by atoms with van der Waals surface area (Å²) in [6.45, 7) is -1.84. The summed E-state index contributed by atoms with van der Waals surface area (Å²) >= 11 is 0. The molecule has 0 saturated carbocycles.